The van der Waals surface area contributed by atoms with E-state index < -0.39 is 5.54 Å². The van der Waals surface area contributed by atoms with E-state index in [1.165, 1.54) is 0 Å². The molecule has 102 valence electrons. The molecule has 1 fully saturated rings. The average Bonchev–Trinajstić information content (AvgIpc) is 2.32. The van der Waals surface area contributed by atoms with Crippen LogP contribution < -0.4 is 16.0 Å². The second kappa shape index (κ2) is 4.81. The van der Waals surface area contributed by atoms with Gasteiger partial charge < -0.3 is 16.0 Å². The van der Waals surface area contributed by atoms with Crippen molar-refractivity contribution in [3.63, 3.8) is 0 Å². The first-order valence-electron chi connectivity index (χ1n) is 6.30. The van der Waals surface area contributed by atoms with Crippen molar-refractivity contribution >= 4 is 28.8 Å². The quantitative estimate of drug-likeness (QED) is 0.801. The van der Waals surface area contributed by atoms with E-state index in [-0.39, 0.29) is 5.91 Å². The number of nitrogens with two attached hydrogens (primary N) is 1. The molecule has 0 unspecified atom stereocenters. The van der Waals surface area contributed by atoms with Crippen molar-refractivity contribution in [2.75, 3.05) is 18.0 Å². The van der Waals surface area contributed by atoms with E-state index >= 15 is 0 Å². The molecule has 0 radical (unpaired) electrons. The number of aryl methyl sites for hydroxylation is 1. The van der Waals surface area contributed by atoms with Crippen LogP contribution in [0.2, 0.25) is 0 Å². The molecule has 2 rings (SSSR count). The van der Waals surface area contributed by atoms with Gasteiger partial charge in [0.25, 0.3) is 0 Å². The summed E-state index contributed by atoms with van der Waals surface area (Å²) in [6, 6.07) is 5.94. The van der Waals surface area contributed by atoms with Gasteiger partial charge in [0.1, 0.15) is 10.5 Å². The van der Waals surface area contributed by atoms with Crippen LogP contribution in [0.15, 0.2) is 18.2 Å². The molecule has 4 nitrogen and oxygen atoms in total. The standard InChI is InChI=1S/C14H19N3OS/c1-9-8-10(4-5-11(9)12(15)19)17-7-6-16-13(18)14(17,2)3/h4-5,8H,6-7H2,1-3H3,(H2,15,19)(H,16,18). The molecule has 5 heteroatoms. The zero-order chi connectivity index (χ0) is 14.2. The van der Waals surface area contributed by atoms with Gasteiger partial charge in [-0.1, -0.05) is 12.2 Å². The smallest absolute Gasteiger partial charge is 0.245 e. The maximum absolute atomic E-state index is 12.0. The molecule has 1 amide bonds. The molecule has 1 aromatic rings. The Kier molecular flexibility index (Phi) is 3.49. The average molecular weight is 277 g/mol. The van der Waals surface area contributed by atoms with E-state index in [1.54, 1.807) is 0 Å². The Morgan fingerprint density at radius 1 is 1.47 bits per heavy atom. The summed E-state index contributed by atoms with van der Waals surface area (Å²) in [5.41, 5.74) is 8.07. The van der Waals surface area contributed by atoms with Gasteiger partial charge in [-0.15, -0.1) is 0 Å². The van der Waals surface area contributed by atoms with Crippen LogP contribution in [-0.2, 0) is 4.79 Å². The molecule has 3 N–H and O–H groups in total. The van der Waals surface area contributed by atoms with Gasteiger partial charge in [0.15, 0.2) is 0 Å². The number of nitrogens with one attached hydrogen (secondary N) is 1. The van der Waals surface area contributed by atoms with Crippen molar-refractivity contribution in [3.05, 3.63) is 29.3 Å². The van der Waals surface area contributed by atoms with Crippen molar-refractivity contribution in [1.29, 1.82) is 0 Å². The molecule has 1 saturated heterocycles. The van der Waals surface area contributed by atoms with Gasteiger partial charge in [0.05, 0.1) is 0 Å². The molecule has 0 bridgehead atoms. The van der Waals surface area contributed by atoms with Crippen molar-refractivity contribution in [1.82, 2.24) is 5.32 Å². The zero-order valence-corrected chi connectivity index (χ0v) is 12.3. The minimum Gasteiger partial charge on any atom is -0.389 e. The molecular weight excluding hydrogens is 258 g/mol. The van der Waals surface area contributed by atoms with Crippen LogP contribution in [-0.4, -0.2) is 29.5 Å². The van der Waals surface area contributed by atoms with Crippen molar-refractivity contribution in [3.8, 4) is 0 Å². The number of benzene rings is 1. The van der Waals surface area contributed by atoms with Gasteiger partial charge in [-0.25, -0.2) is 0 Å². The van der Waals surface area contributed by atoms with Crippen LogP contribution in [0, 0.1) is 6.92 Å². The number of carbonyl (C=O) groups excluding carboxylic acids is 1. The highest BCUT2D eigenvalue weighted by Gasteiger charge is 2.37. The topological polar surface area (TPSA) is 58.4 Å². The molecule has 0 saturated carbocycles. The first-order valence-corrected chi connectivity index (χ1v) is 6.71. The fourth-order valence-corrected chi connectivity index (χ4v) is 2.67. The summed E-state index contributed by atoms with van der Waals surface area (Å²) >= 11 is 5.01. The largest absolute Gasteiger partial charge is 0.389 e. The Labute approximate surface area is 119 Å². The number of anilines is 1. The number of carbonyl (C=O) groups is 1. The van der Waals surface area contributed by atoms with E-state index in [0.717, 1.165) is 23.4 Å². The molecule has 1 heterocycles. The third kappa shape index (κ3) is 2.42. The van der Waals surface area contributed by atoms with Crippen molar-refractivity contribution in [2.45, 2.75) is 26.3 Å². The molecule has 19 heavy (non-hydrogen) atoms. The third-order valence-electron chi connectivity index (χ3n) is 3.64. The summed E-state index contributed by atoms with van der Waals surface area (Å²) in [5, 5.41) is 2.89. The lowest BCUT2D eigenvalue weighted by Crippen LogP contribution is -2.62. The SMILES string of the molecule is Cc1cc(N2CCNC(=O)C2(C)C)ccc1C(N)=S. The van der Waals surface area contributed by atoms with Crippen LogP contribution in [0.3, 0.4) is 0 Å². The Morgan fingerprint density at radius 3 is 2.74 bits per heavy atom. The minimum absolute atomic E-state index is 0.0508. The highest BCUT2D eigenvalue weighted by molar-refractivity contribution is 7.80. The van der Waals surface area contributed by atoms with Crippen LogP contribution in [0.5, 0.6) is 0 Å². The summed E-state index contributed by atoms with van der Waals surface area (Å²) in [6.07, 6.45) is 0. The lowest BCUT2D eigenvalue weighted by Gasteiger charge is -2.43. The fraction of sp³-hybridized carbons (Fsp3) is 0.429. The number of hydrogen-bond acceptors (Lipinski definition) is 3. The Hall–Kier alpha value is -1.62. The van der Waals surface area contributed by atoms with E-state index in [2.05, 4.69) is 10.2 Å². The number of amides is 1. The molecule has 0 aliphatic carbocycles. The molecular formula is C14H19N3OS. The van der Waals surface area contributed by atoms with Gasteiger partial charge in [0, 0.05) is 24.3 Å². The predicted octanol–water partition coefficient (Wildman–Crippen LogP) is 1.34. The van der Waals surface area contributed by atoms with Gasteiger partial charge in [-0.2, -0.15) is 0 Å². The molecule has 1 aliphatic heterocycles. The summed E-state index contributed by atoms with van der Waals surface area (Å²) in [6.45, 7) is 7.30. The number of piperazine rings is 1. The van der Waals surface area contributed by atoms with Gasteiger partial charge in [-0.3, -0.25) is 4.79 Å². The van der Waals surface area contributed by atoms with E-state index in [4.69, 9.17) is 18.0 Å². The fourth-order valence-electron chi connectivity index (χ4n) is 2.44. The summed E-state index contributed by atoms with van der Waals surface area (Å²) in [5.74, 6) is 0.0508. The van der Waals surface area contributed by atoms with Gasteiger partial charge in [0.2, 0.25) is 5.91 Å². The van der Waals surface area contributed by atoms with E-state index in [9.17, 15) is 4.79 Å². The summed E-state index contributed by atoms with van der Waals surface area (Å²) in [7, 11) is 0. The molecule has 0 atom stereocenters. The van der Waals surface area contributed by atoms with E-state index in [0.29, 0.717) is 11.5 Å². The first kappa shape index (κ1) is 13.8. The summed E-state index contributed by atoms with van der Waals surface area (Å²) < 4.78 is 0. The number of thiocarbonyl (C=S) groups is 1. The lowest BCUT2D eigenvalue weighted by atomic mass is 9.97. The van der Waals surface area contributed by atoms with Crippen molar-refractivity contribution < 1.29 is 4.79 Å². The predicted molar refractivity (Wildman–Crippen MR) is 81.5 cm³/mol. The second-order valence-electron chi connectivity index (χ2n) is 5.33. The van der Waals surface area contributed by atoms with Gasteiger partial charge in [-0.05, 0) is 44.5 Å². The number of nitrogens with zero attached hydrogens (tertiary/aromatic N) is 1. The van der Waals surface area contributed by atoms with Gasteiger partial charge >= 0.3 is 0 Å². The molecule has 1 aliphatic rings. The maximum Gasteiger partial charge on any atom is 0.245 e. The lowest BCUT2D eigenvalue weighted by molar-refractivity contribution is -0.126. The monoisotopic (exact) mass is 277 g/mol. The molecule has 1 aromatic carbocycles. The molecule has 0 aromatic heterocycles. The zero-order valence-electron chi connectivity index (χ0n) is 11.5. The third-order valence-corrected chi connectivity index (χ3v) is 3.86. The van der Waals surface area contributed by atoms with Crippen LogP contribution in [0.4, 0.5) is 5.69 Å². The minimum atomic E-state index is -0.546. The van der Waals surface area contributed by atoms with Crippen molar-refractivity contribution in [2.24, 2.45) is 5.73 Å². The molecule has 0 spiro atoms. The Morgan fingerprint density at radius 2 is 2.16 bits per heavy atom. The van der Waals surface area contributed by atoms with Crippen LogP contribution >= 0.6 is 12.2 Å². The van der Waals surface area contributed by atoms with Crippen LogP contribution in [0.25, 0.3) is 0 Å². The van der Waals surface area contributed by atoms with Crippen LogP contribution in [0.1, 0.15) is 25.0 Å². The normalized spacial score (nSPS) is 18.1. The second-order valence-corrected chi connectivity index (χ2v) is 5.77. The highest BCUT2D eigenvalue weighted by Crippen LogP contribution is 2.27. The Balaban J connectivity index is 2.39. The number of rotatable bonds is 2. The maximum atomic E-state index is 12.0. The highest BCUT2D eigenvalue weighted by atomic mass is 32.1. The first-order chi connectivity index (χ1) is 8.84. The van der Waals surface area contributed by atoms with E-state index in [1.807, 2.05) is 39.0 Å². The number of hydrogen-bond donors (Lipinski definition) is 2. The summed E-state index contributed by atoms with van der Waals surface area (Å²) in [4.78, 5) is 14.5. The Bertz CT molecular complexity index is 539.